The maximum Gasteiger partial charge on any atom is 0.273 e. The van der Waals surface area contributed by atoms with Crippen molar-refractivity contribution in [3.05, 3.63) is 57.8 Å². The third-order valence-electron chi connectivity index (χ3n) is 3.37. The smallest absolute Gasteiger partial charge is 0.273 e. The zero-order valence-electron chi connectivity index (χ0n) is 11.0. The van der Waals surface area contributed by atoms with Crippen LogP contribution in [0.4, 0.5) is 0 Å². The molecule has 0 saturated carbocycles. The highest BCUT2D eigenvalue weighted by molar-refractivity contribution is 9.10. The van der Waals surface area contributed by atoms with Crippen LogP contribution in [0.15, 0.2) is 41.0 Å². The molecule has 1 amide bonds. The number of carbonyl (C=O) groups is 1. The summed E-state index contributed by atoms with van der Waals surface area (Å²) in [6, 6.07) is 9.60. The van der Waals surface area contributed by atoms with Crippen LogP contribution in [-0.4, -0.2) is 22.9 Å². The molecule has 0 aliphatic carbocycles. The second-order valence-corrected chi connectivity index (χ2v) is 5.48. The van der Waals surface area contributed by atoms with Crippen molar-refractivity contribution in [2.24, 2.45) is 0 Å². The van der Waals surface area contributed by atoms with Crippen LogP contribution in [0.25, 0.3) is 0 Å². The molecule has 0 bridgehead atoms. The summed E-state index contributed by atoms with van der Waals surface area (Å²) in [4.78, 5) is 18.3. The van der Waals surface area contributed by atoms with Crippen LogP contribution in [0.1, 0.15) is 21.6 Å². The first-order chi connectivity index (χ1) is 9.69. The molecular weight excluding hydrogens is 320 g/mol. The van der Waals surface area contributed by atoms with Crippen LogP contribution < -0.4 is 4.74 Å². The molecule has 1 aromatic carbocycles. The molecule has 0 atom stereocenters. The lowest BCUT2D eigenvalue weighted by molar-refractivity contribution is 0.0762. The lowest BCUT2D eigenvalue weighted by Crippen LogP contribution is -2.23. The van der Waals surface area contributed by atoms with E-state index in [1.165, 1.54) is 0 Å². The fourth-order valence-corrected chi connectivity index (χ4v) is 2.73. The van der Waals surface area contributed by atoms with E-state index in [4.69, 9.17) is 4.74 Å². The molecule has 0 radical (unpaired) electrons. The highest BCUT2D eigenvalue weighted by atomic mass is 79.9. The lowest BCUT2D eigenvalue weighted by atomic mass is 10.2. The van der Waals surface area contributed by atoms with Crippen LogP contribution in [-0.2, 0) is 13.1 Å². The minimum atomic E-state index is -0.0166. The van der Waals surface area contributed by atoms with Gasteiger partial charge in [0.25, 0.3) is 5.91 Å². The Labute approximate surface area is 125 Å². The quantitative estimate of drug-likeness (QED) is 0.867. The van der Waals surface area contributed by atoms with E-state index in [0.29, 0.717) is 18.8 Å². The van der Waals surface area contributed by atoms with Crippen molar-refractivity contribution in [1.29, 1.82) is 0 Å². The van der Waals surface area contributed by atoms with Crippen LogP contribution in [0.5, 0.6) is 5.75 Å². The Morgan fingerprint density at radius 2 is 2.05 bits per heavy atom. The van der Waals surface area contributed by atoms with Gasteiger partial charge in [0.1, 0.15) is 11.4 Å². The molecule has 1 aliphatic rings. The summed E-state index contributed by atoms with van der Waals surface area (Å²) in [5.74, 6) is 0.798. The first-order valence-corrected chi connectivity index (χ1v) is 7.04. The molecule has 2 heterocycles. The number of aromatic nitrogens is 1. The van der Waals surface area contributed by atoms with E-state index in [9.17, 15) is 4.79 Å². The summed E-state index contributed by atoms with van der Waals surface area (Å²) in [5.41, 5.74) is 2.59. The SMILES string of the molecule is COc1ccc(CN2Cc3c(Br)ccnc3C2=O)cc1. The summed E-state index contributed by atoms with van der Waals surface area (Å²) < 4.78 is 6.07. The van der Waals surface area contributed by atoms with E-state index in [-0.39, 0.29) is 5.91 Å². The molecule has 102 valence electrons. The van der Waals surface area contributed by atoms with Crippen molar-refractivity contribution >= 4 is 21.8 Å². The summed E-state index contributed by atoms with van der Waals surface area (Å²) in [7, 11) is 1.64. The Balaban J connectivity index is 1.80. The number of methoxy groups -OCH3 is 1. The maximum absolute atomic E-state index is 12.3. The Bertz CT molecular complexity index is 655. The van der Waals surface area contributed by atoms with Gasteiger partial charge in [-0.1, -0.05) is 28.1 Å². The minimum absolute atomic E-state index is 0.0166. The van der Waals surface area contributed by atoms with Crippen molar-refractivity contribution in [2.75, 3.05) is 7.11 Å². The van der Waals surface area contributed by atoms with E-state index in [2.05, 4.69) is 20.9 Å². The first kappa shape index (κ1) is 13.1. The number of benzene rings is 1. The number of nitrogens with zero attached hydrogens (tertiary/aromatic N) is 2. The molecule has 0 N–H and O–H groups in total. The van der Waals surface area contributed by atoms with Crippen molar-refractivity contribution in [1.82, 2.24) is 9.88 Å². The number of pyridine rings is 1. The number of ether oxygens (including phenoxy) is 1. The van der Waals surface area contributed by atoms with Gasteiger partial charge in [0.2, 0.25) is 0 Å². The highest BCUT2D eigenvalue weighted by Gasteiger charge is 2.30. The zero-order valence-corrected chi connectivity index (χ0v) is 12.6. The third kappa shape index (κ3) is 2.29. The van der Waals surface area contributed by atoms with Crippen LogP contribution in [0.3, 0.4) is 0 Å². The van der Waals surface area contributed by atoms with Gasteiger partial charge in [-0.15, -0.1) is 0 Å². The Morgan fingerprint density at radius 3 is 2.70 bits per heavy atom. The molecule has 0 spiro atoms. The standard InChI is InChI=1S/C15H13BrN2O2/c1-20-11-4-2-10(3-5-11)8-18-9-12-13(16)6-7-17-14(12)15(18)19/h2-7H,8-9H2,1H3. The van der Waals surface area contributed by atoms with E-state index >= 15 is 0 Å². The highest BCUT2D eigenvalue weighted by Crippen LogP contribution is 2.28. The van der Waals surface area contributed by atoms with E-state index in [1.54, 1.807) is 18.2 Å². The largest absolute Gasteiger partial charge is 0.497 e. The summed E-state index contributed by atoms with van der Waals surface area (Å²) in [5, 5.41) is 0. The molecule has 1 aliphatic heterocycles. The first-order valence-electron chi connectivity index (χ1n) is 6.24. The summed E-state index contributed by atoms with van der Waals surface area (Å²) in [6.07, 6.45) is 1.65. The Morgan fingerprint density at radius 1 is 1.30 bits per heavy atom. The molecule has 2 aromatic rings. The molecule has 20 heavy (non-hydrogen) atoms. The number of fused-ring (bicyclic) bond motifs is 1. The zero-order chi connectivity index (χ0) is 14.1. The molecular formula is C15H13BrN2O2. The van der Waals surface area contributed by atoms with Gasteiger partial charge in [0.05, 0.1) is 7.11 Å². The molecule has 3 rings (SSSR count). The number of hydrogen-bond acceptors (Lipinski definition) is 3. The predicted molar refractivity (Wildman–Crippen MR) is 78.5 cm³/mol. The van der Waals surface area contributed by atoms with Gasteiger partial charge in [-0.3, -0.25) is 9.78 Å². The number of halogens is 1. The van der Waals surface area contributed by atoms with Crippen LogP contribution in [0.2, 0.25) is 0 Å². The van der Waals surface area contributed by atoms with E-state index < -0.39 is 0 Å². The van der Waals surface area contributed by atoms with Gasteiger partial charge in [0, 0.05) is 29.3 Å². The fraction of sp³-hybridized carbons (Fsp3) is 0.200. The average molecular weight is 333 g/mol. The normalized spacial score (nSPS) is 13.5. The summed E-state index contributed by atoms with van der Waals surface area (Å²) >= 11 is 3.47. The van der Waals surface area contributed by atoms with E-state index in [1.807, 2.05) is 30.3 Å². The van der Waals surface area contributed by atoms with Crippen LogP contribution in [0, 0.1) is 0 Å². The molecule has 0 unspecified atom stereocenters. The van der Waals surface area contributed by atoms with Gasteiger partial charge in [0.15, 0.2) is 0 Å². The number of hydrogen-bond donors (Lipinski definition) is 0. The third-order valence-corrected chi connectivity index (χ3v) is 4.11. The van der Waals surface area contributed by atoms with Gasteiger partial charge >= 0.3 is 0 Å². The van der Waals surface area contributed by atoms with Crippen molar-refractivity contribution in [3.63, 3.8) is 0 Å². The number of rotatable bonds is 3. The van der Waals surface area contributed by atoms with E-state index in [0.717, 1.165) is 21.3 Å². The van der Waals surface area contributed by atoms with Gasteiger partial charge in [-0.25, -0.2) is 0 Å². The Kier molecular flexibility index (Phi) is 3.44. The average Bonchev–Trinajstić information content (AvgIpc) is 2.79. The lowest BCUT2D eigenvalue weighted by Gasteiger charge is -2.15. The number of amides is 1. The maximum atomic E-state index is 12.3. The second kappa shape index (κ2) is 5.25. The van der Waals surface area contributed by atoms with Crippen LogP contribution >= 0.6 is 15.9 Å². The molecule has 0 fully saturated rings. The molecule has 4 nitrogen and oxygen atoms in total. The topological polar surface area (TPSA) is 42.4 Å². The fourth-order valence-electron chi connectivity index (χ4n) is 2.30. The summed E-state index contributed by atoms with van der Waals surface area (Å²) in [6.45, 7) is 1.17. The molecule has 5 heteroatoms. The van der Waals surface area contributed by atoms with Crippen molar-refractivity contribution in [3.8, 4) is 5.75 Å². The monoisotopic (exact) mass is 332 g/mol. The molecule has 0 saturated heterocycles. The van der Waals surface area contributed by atoms with Gasteiger partial charge in [-0.05, 0) is 23.8 Å². The number of carbonyl (C=O) groups excluding carboxylic acids is 1. The molecule has 1 aromatic heterocycles. The van der Waals surface area contributed by atoms with Gasteiger partial charge < -0.3 is 9.64 Å². The van der Waals surface area contributed by atoms with Crippen molar-refractivity contribution < 1.29 is 9.53 Å². The minimum Gasteiger partial charge on any atom is -0.497 e. The second-order valence-electron chi connectivity index (χ2n) is 4.63. The van der Waals surface area contributed by atoms with Crippen molar-refractivity contribution in [2.45, 2.75) is 13.1 Å². The predicted octanol–water partition coefficient (Wildman–Crippen LogP) is 3.01. The Hall–Kier alpha value is -1.88. The van der Waals surface area contributed by atoms with Gasteiger partial charge in [-0.2, -0.15) is 0 Å².